The van der Waals surface area contributed by atoms with E-state index in [-0.39, 0.29) is 10.5 Å². The maximum Gasteiger partial charge on any atom is 0.340 e. The number of hydrogen-bond donors (Lipinski definition) is 1. The Balaban J connectivity index is 1.45. The van der Waals surface area contributed by atoms with E-state index in [2.05, 4.69) is 10.2 Å². The summed E-state index contributed by atoms with van der Waals surface area (Å²) in [4.78, 5) is 26.3. The zero-order valence-corrected chi connectivity index (χ0v) is 16.2. The lowest BCUT2D eigenvalue weighted by Gasteiger charge is -2.17. The van der Waals surface area contributed by atoms with Crippen molar-refractivity contribution in [3.8, 4) is 0 Å². The van der Waals surface area contributed by atoms with E-state index in [1.807, 2.05) is 0 Å². The number of esters is 1. The van der Waals surface area contributed by atoms with E-state index in [4.69, 9.17) is 9.88 Å². The fraction of sp³-hybridized carbons (Fsp3) is 0.222. The molecule has 10 nitrogen and oxygen atoms in total. The van der Waals surface area contributed by atoms with Gasteiger partial charge in [0, 0.05) is 18.4 Å². The van der Waals surface area contributed by atoms with E-state index in [0.29, 0.717) is 35.7 Å². The zero-order chi connectivity index (χ0) is 20.8. The normalized spacial score (nSPS) is 13.5. The lowest BCUT2D eigenvalue weighted by Crippen LogP contribution is -2.33. The molecule has 150 valence electrons. The minimum atomic E-state index is -3.81. The Labute approximate surface area is 165 Å². The molecule has 3 heterocycles. The molecule has 0 radical (unpaired) electrons. The predicted molar refractivity (Wildman–Crippen MR) is 102 cm³/mol. The summed E-state index contributed by atoms with van der Waals surface area (Å²) in [6.07, 6.45) is 2.04. The highest BCUT2D eigenvalue weighted by Crippen LogP contribution is 2.30. The molecular weight excluding hydrogens is 398 g/mol. The van der Waals surface area contributed by atoms with Gasteiger partial charge in [-0.15, -0.1) is 10.2 Å². The molecule has 29 heavy (non-hydrogen) atoms. The number of rotatable bonds is 4. The summed E-state index contributed by atoms with van der Waals surface area (Å²) in [5, 5.41) is 13.0. The van der Waals surface area contributed by atoms with Gasteiger partial charge in [-0.25, -0.2) is 18.4 Å². The Hall–Kier alpha value is -3.31. The standard InChI is InChI=1S/C18H17N5O5S/c1-11-20-21-16-5-2-13(9-23(11)16)18(25)28-10-17(24)22-7-6-12-8-14(29(19,26)27)3-4-15(12)22/h2-5,8-9H,6-7,10H2,1H3,(H2,19,26,27). The van der Waals surface area contributed by atoms with Crippen molar-refractivity contribution in [2.75, 3.05) is 18.1 Å². The second kappa shape index (κ2) is 6.94. The van der Waals surface area contributed by atoms with Crippen LogP contribution in [0.5, 0.6) is 0 Å². The van der Waals surface area contributed by atoms with Gasteiger partial charge in [0.05, 0.1) is 10.5 Å². The number of ether oxygens (including phenoxy) is 1. The summed E-state index contributed by atoms with van der Waals surface area (Å²) in [5.74, 6) is -0.419. The first-order valence-electron chi connectivity index (χ1n) is 8.68. The second-order valence-electron chi connectivity index (χ2n) is 6.60. The number of sulfonamides is 1. The second-order valence-corrected chi connectivity index (χ2v) is 8.16. The lowest BCUT2D eigenvalue weighted by atomic mass is 10.2. The molecule has 0 spiro atoms. The van der Waals surface area contributed by atoms with Crippen LogP contribution in [0.3, 0.4) is 0 Å². The molecule has 1 aliphatic rings. The van der Waals surface area contributed by atoms with Crippen molar-refractivity contribution in [1.29, 1.82) is 0 Å². The van der Waals surface area contributed by atoms with Gasteiger partial charge in [0.1, 0.15) is 5.82 Å². The maximum absolute atomic E-state index is 12.5. The van der Waals surface area contributed by atoms with Gasteiger partial charge in [-0.2, -0.15) is 0 Å². The average Bonchev–Trinajstić information content (AvgIpc) is 3.28. The van der Waals surface area contributed by atoms with E-state index < -0.39 is 28.5 Å². The van der Waals surface area contributed by atoms with Crippen LogP contribution >= 0.6 is 0 Å². The number of pyridine rings is 1. The molecule has 1 amide bonds. The highest BCUT2D eigenvalue weighted by atomic mass is 32.2. The minimum absolute atomic E-state index is 0.00310. The third kappa shape index (κ3) is 3.57. The van der Waals surface area contributed by atoms with Crippen LogP contribution in [-0.2, 0) is 26.0 Å². The average molecular weight is 415 g/mol. The van der Waals surface area contributed by atoms with Gasteiger partial charge in [0.15, 0.2) is 12.3 Å². The number of aromatic nitrogens is 3. The largest absolute Gasteiger partial charge is 0.452 e. The van der Waals surface area contributed by atoms with Crippen LogP contribution in [0.25, 0.3) is 5.65 Å². The van der Waals surface area contributed by atoms with Crippen LogP contribution in [0.2, 0.25) is 0 Å². The molecule has 0 saturated heterocycles. The van der Waals surface area contributed by atoms with Crippen molar-refractivity contribution in [2.24, 2.45) is 5.14 Å². The van der Waals surface area contributed by atoms with Crippen LogP contribution in [0.4, 0.5) is 5.69 Å². The van der Waals surface area contributed by atoms with Crippen LogP contribution in [0.1, 0.15) is 21.7 Å². The summed E-state index contributed by atoms with van der Waals surface area (Å²) < 4.78 is 29.8. The molecule has 2 N–H and O–H groups in total. The minimum Gasteiger partial charge on any atom is -0.452 e. The Morgan fingerprint density at radius 1 is 1.21 bits per heavy atom. The van der Waals surface area contributed by atoms with E-state index in [1.165, 1.54) is 23.1 Å². The van der Waals surface area contributed by atoms with Crippen molar-refractivity contribution < 1.29 is 22.7 Å². The highest BCUT2D eigenvalue weighted by Gasteiger charge is 2.27. The molecule has 0 fully saturated rings. The summed E-state index contributed by atoms with van der Waals surface area (Å²) in [7, 11) is -3.81. The number of carbonyl (C=O) groups is 2. The van der Waals surface area contributed by atoms with E-state index in [1.54, 1.807) is 29.7 Å². The molecule has 0 aliphatic carbocycles. The first-order valence-corrected chi connectivity index (χ1v) is 10.2. The maximum atomic E-state index is 12.5. The van der Waals surface area contributed by atoms with E-state index in [0.717, 1.165) is 0 Å². The molecule has 11 heteroatoms. The van der Waals surface area contributed by atoms with Crippen molar-refractivity contribution >= 4 is 33.2 Å². The van der Waals surface area contributed by atoms with Gasteiger partial charge < -0.3 is 9.64 Å². The molecule has 2 aromatic heterocycles. The Kier molecular flexibility index (Phi) is 4.55. The summed E-state index contributed by atoms with van der Waals surface area (Å²) in [5.41, 5.74) is 2.15. The molecule has 0 unspecified atom stereocenters. The van der Waals surface area contributed by atoms with Gasteiger partial charge in [0.2, 0.25) is 10.0 Å². The number of nitrogens with two attached hydrogens (primary N) is 1. The Morgan fingerprint density at radius 3 is 2.76 bits per heavy atom. The van der Waals surface area contributed by atoms with Crippen molar-refractivity contribution in [3.05, 3.63) is 53.5 Å². The fourth-order valence-electron chi connectivity index (χ4n) is 3.23. The molecule has 0 bridgehead atoms. The predicted octanol–water partition coefficient (Wildman–Crippen LogP) is 0.431. The molecule has 1 aromatic carbocycles. The van der Waals surface area contributed by atoms with Gasteiger partial charge in [-0.05, 0) is 49.2 Å². The number of benzene rings is 1. The Bertz CT molecular complexity index is 1250. The highest BCUT2D eigenvalue weighted by molar-refractivity contribution is 7.89. The summed E-state index contributed by atoms with van der Waals surface area (Å²) in [6, 6.07) is 7.53. The van der Waals surface area contributed by atoms with Gasteiger partial charge in [-0.1, -0.05) is 0 Å². The van der Waals surface area contributed by atoms with Crippen molar-refractivity contribution in [1.82, 2.24) is 14.6 Å². The monoisotopic (exact) mass is 415 g/mol. The summed E-state index contributed by atoms with van der Waals surface area (Å²) >= 11 is 0. The first-order chi connectivity index (χ1) is 13.7. The Morgan fingerprint density at radius 2 is 2.00 bits per heavy atom. The molecular formula is C18H17N5O5S. The van der Waals surface area contributed by atoms with Gasteiger partial charge >= 0.3 is 5.97 Å². The number of nitrogens with zero attached hydrogens (tertiary/aromatic N) is 4. The van der Waals surface area contributed by atoms with Gasteiger partial charge in [-0.3, -0.25) is 9.20 Å². The van der Waals surface area contributed by atoms with Gasteiger partial charge in [0.25, 0.3) is 5.91 Å². The van der Waals surface area contributed by atoms with Crippen LogP contribution in [0.15, 0.2) is 41.4 Å². The number of fused-ring (bicyclic) bond motifs is 2. The topological polar surface area (TPSA) is 137 Å². The molecule has 4 rings (SSSR count). The molecule has 1 aliphatic heterocycles. The van der Waals surface area contributed by atoms with Crippen molar-refractivity contribution in [2.45, 2.75) is 18.2 Å². The van der Waals surface area contributed by atoms with E-state index >= 15 is 0 Å². The number of amides is 1. The number of aryl methyl sites for hydroxylation is 1. The number of carbonyl (C=O) groups excluding carboxylic acids is 2. The third-order valence-electron chi connectivity index (χ3n) is 4.71. The smallest absolute Gasteiger partial charge is 0.340 e. The number of primary sulfonamides is 1. The van der Waals surface area contributed by atoms with Crippen LogP contribution in [0, 0.1) is 6.92 Å². The van der Waals surface area contributed by atoms with Crippen LogP contribution < -0.4 is 10.0 Å². The first kappa shape index (κ1) is 19.0. The zero-order valence-electron chi connectivity index (χ0n) is 15.4. The van der Waals surface area contributed by atoms with E-state index in [9.17, 15) is 18.0 Å². The fourth-order valence-corrected chi connectivity index (χ4v) is 3.79. The quantitative estimate of drug-likeness (QED) is 0.610. The lowest BCUT2D eigenvalue weighted by molar-refractivity contribution is -0.121. The molecule has 0 saturated carbocycles. The molecule has 3 aromatic rings. The number of anilines is 1. The summed E-state index contributed by atoms with van der Waals surface area (Å²) in [6.45, 7) is 1.69. The SMILES string of the molecule is Cc1nnc2ccc(C(=O)OCC(=O)N3CCc4cc(S(N)(=O)=O)ccc43)cn12. The van der Waals surface area contributed by atoms with Crippen LogP contribution in [-0.4, -0.2) is 48.0 Å². The number of hydrogen-bond acceptors (Lipinski definition) is 7. The van der Waals surface area contributed by atoms with Crippen molar-refractivity contribution in [3.63, 3.8) is 0 Å². The molecule has 0 atom stereocenters. The third-order valence-corrected chi connectivity index (χ3v) is 5.62.